The fourth-order valence-corrected chi connectivity index (χ4v) is 5.65. The molecule has 4 aliphatic carbocycles. The van der Waals surface area contributed by atoms with E-state index in [0.29, 0.717) is 18.3 Å². The van der Waals surface area contributed by atoms with Gasteiger partial charge in [-0.05, 0) is 56.4 Å². The van der Waals surface area contributed by atoms with Crippen molar-refractivity contribution in [3.05, 3.63) is 38.4 Å². The number of hydrogen-bond acceptors (Lipinski definition) is 7. The Morgan fingerprint density at radius 2 is 1.79 bits per heavy atom. The van der Waals surface area contributed by atoms with E-state index in [-0.39, 0.29) is 5.69 Å². The fourth-order valence-electron chi connectivity index (χ4n) is 5.65. The second-order valence-electron chi connectivity index (χ2n) is 8.39. The third kappa shape index (κ3) is 3.33. The Morgan fingerprint density at radius 1 is 1.11 bits per heavy atom. The van der Waals surface area contributed by atoms with Crippen molar-refractivity contribution in [1.82, 2.24) is 10.7 Å². The zero-order valence-corrected chi connectivity index (χ0v) is 15.0. The number of rotatable bonds is 5. The second-order valence-corrected chi connectivity index (χ2v) is 8.39. The number of hydrazine groups is 1. The van der Waals surface area contributed by atoms with Gasteiger partial charge in [0.25, 0.3) is 5.69 Å². The first kappa shape index (κ1) is 18.4. The van der Waals surface area contributed by atoms with E-state index in [1.54, 1.807) is 0 Å². The largest absolute Gasteiger partial charge is 0.390 e. The maximum Gasteiger partial charge on any atom is 0.333 e. The first-order valence-corrected chi connectivity index (χ1v) is 9.16. The van der Waals surface area contributed by atoms with Crippen molar-refractivity contribution in [2.45, 2.75) is 49.7 Å². The lowest BCUT2D eigenvalue weighted by molar-refractivity contribution is -0.393. The van der Waals surface area contributed by atoms with Crippen molar-refractivity contribution in [3.8, 4) is 0 Å². The number of amides is 2. The molecule has 0 radical (unpaired) electrons. The molecule has 2 amide bonds. The van der Waals surface area contributed by atoms with Gasteiger partial charge in [0, 0.05) is 11.6 Å². The summed E-state index contributed by atoms with van der Waals surface area (Å²) in [4.78, 5) is 32.9. The van der Waals surface area contributed by atoms with Crippen LogP contribution in [-0.2, 0) is 0 Å². The summed E-state index contributed by atoms with van der Waals surface area (Å²) in [7, 11) is 0. The van der Waals surface area contributed by atoms with Crippen LogP contribution in [0.5, 0.6) is 0 Å². The first-order chi connectivity index (χ1) is 13.2. The minimum Gasteiger partial charge on any atom is -0.390 e. The standard InChI is InChI=1S/C17H21N5O6/c23-15(18-16-5-10-3-11(6-16)8-17(24,7-10)9-16)20-19-13-2-1-12(21(25)26)4-14(13)22(27)28/h1-2,4,10-11,19,24H,3,5-9H2,(H2,18,20,23). The van der Waals surface area contributed by atoms with Crippen LogP contribution >= 0.6 is 0 Å². The highest BCUT2D eigenvalue weighted by molar-refractivity contribution is 5.78. The summed E-state index contributed by atoms with van der Waals surface area (Å²) in [5.41, 5.74) is 2.66. The van der Waals surface area contributed by atoms with Crippen molar-refractivity contribution < 1.29 is 19.7 Å². The van der Waals surface area contributed by atoms with Gasteiger partial charge in [0.2, 0.25) is 0 Å². The van der Waals surface area contributed by atoms with E-state index >= 15 is 0 Å². The monoisotopic (exact) mass is 391 g/mol. The van der Waals surface area contributed by atoms with Gasteiger partial charge in [-0.25, -0.2) is 4.79 Å². The predicted octanol–water partition coefficient (Wildman–Crippen LogP) is 2.21. The zero-order valence-electron chi connectivity index (χ0n) is 15.0. The summed E-state index contributed by atoms with van der Waals surface area (Å²) in [6.07, 6.45) is 4.79. The highest BCUT2D eigenvalue weighted by Gasteiger charge is 2.57. The molecule has 11 nitrogen and oxygen atoms in total. The minimum absolute atomic E-state index is 0.0603. The van der Waals surface area contributed by atoms with Crippen LogP contribution in [0, 0.1) is 32.1 Å². The van der Waals surface area contributed by atoms with Gasteiger partial charge in [0.15, 0.2) is 0 Å². The molecule has 11 heteroatoms. The summed E-state index contributed by atoms with van der Waals surface area (Å²) in [5.74, 6) is 0.797. The van der Waals surface area contributed by atoms with Gasteiger partial charge in [-0.3, -0.25) is 31.1 Å². The molecule has 0 aliphatic heterocycles. The number of anilines is 1. The van der Waals surface area contributed by atoms with E-state index < -0.39 is 38.4 Å². The van der Waals surface area contributed by atoms with Crippen LogP contribution in [0.2, 0.25) is 0 Å². The number of benzene rings is 1. The zero-order chi connectivity index (χ0) is 20.1. The number of nitro groups is 2. The average molecular weight is 391 g/mol. The molecule has 2 atom stereocenters. The molecular weight excluding hydrogens is 370 g/mol. The Hall–Kier alpha value is -2.95. The van der Waals surface area contributed by atoms with Crippen LogP contribution in [0.25, 0.3) is 0 Å². The van der Waals surface area contributed by atoms with Gasteiger partial charge in [-0.15, -0.1) is 0 Å². The van der Waals surface area contributed by atoms with Gasteiger partial charge in [-0.2, -0.15) is 0 Å². The highest BCUT2D eigenvalue weighted by Crippen LogP contribution is 2.57. The number of nitrogens with one attached hydrogen (secondary N) is 3. The SMILES string of the molecule is O=C(NNc1ccc([N+](=O)[O-])cc1[N+](=O)[O-])NC12CC3CC(CC(O)(C3)C1)C2. The van der Waals surface area contributed by atoms with E-state index in [1.165, 1.54) is 6.07 Å². The number of urea groups is 1. The first-order valence-electron chi connectivity index (χ1n) is 9.16. The summed E-state index contributed by atoms with van der Waals surface area (Å²) < 4.78 is 0. The molecule has 4 bridgehead atoms. The van der Waals surface area contributed by atoms with Gasteiger partial charge in [0.1, 0.15) is 5.69 Å². The molecule has 1 aromatic carbocycles. The van der Waals surface area contributed by atoms with Crippen LogP contribution in [0.15, 0.2) is 18.2 Å². The van der Waals surface area contributed by atoms with Crippen molar-refractivity contribution in [2.24, 2.45) is 11.8 Å². The van der Waals surface area contributed by atoms with Crippen LogP contribution in [0.1, 0.15) is 38.5 Å². The topological polar surface area (TPSA) is 160 Å². The number of non-ortho nitro benzene ring substituents is 1. The second kappa shape index (κ2) is 6.30. The van der Waals surface area contributed by atoms with Crippen molar-refractivity contribution >= 4 is 23.1 Å². The summed E-state index contributed by atoms with van der Waals surface area (Å²) in [5, 5.41) is 35.6. The van der Waals surface area contributed by atoms with Crippen molar-refractivity contribution in [3.63, 3.8) is 0 Å². The van der Waals surface area contributed by atoms with Gasteiger partial charge < -0.3 is 10.4 Å². The number of nitro benzene ring substituents is 2. The summed E-state index contributed by atoms with van der Waals surface area (Å²) in [6, 6.07) is 2.56. The number of carbonyl (C=O) groups is 1. The molecule has 0 aromatic heterocycles. The third-order valence-corrected chi connectivity index (χ3v) is 6.11. The summed E-state index contributed by atoms with van der Waals surface area (Å²) >= 11 is 0. The Bertz CT molecular complexity index is 844. The molecule has 28 heavy (non-hydrogen) atoms. The highest BCUT2D eigenvalue weighted by atomic mass is 16.6. The van der Waals surface area contributed by atoms with E-state index in [0.717, 1.165) is 44.2 Å². The Kier molecular flexibility index (Phi) is 4.14. The summed E-state index contributed by atoms with van der Waals surface area (Å²) in [6.45, 7) is 0. The molecule has 4 saturated carbocycles. The molecule has 2 unspecified atom stereocenters. The molecule has 150 valence electrons. The Balaban J connectivity index is 1.43. The third-order valence-electron chi connectivity index (χ3n) is 6.11. The molecule has 1 aromatic rings. The number of carbonyl (C=O) groups excluding carboxylic acids is 1. The molecule has 4 fully saturated rings. The molecule has 4 aliphatic rings. The normalized spacial score (nSPS) is 32.6. The number of hydrogen-bond donors (Lipinski definition) is 4. The Morgan fingerprint density at radius 3 is 2.36 bits per heavy atom. The van der Waals surface area contributed by atoms with Crippen LogP contribution in [-0.4, -0.2) is 32.1 Å². The maximum absolute atomic E-state index is 12.4. The van der Waals surface area contributed by atoms with Crippen molar-refractivity contribution in [2.75, 3.05) is 5.43 Å². The van der Waals surface area contributed by atoms with E-state index in [1.807, 2.05) is 0 Å². The molecular formula is C17H21N5O6. The van der Waals surface area contributed by atoms with E-state index in [9.17, 15) is 30.1 Å². The van der Waals surface area contributed by atoms with Crippen LogP contribution in [0.3, 0.4) is 0 Å². The van der Waals surface area contributed by atoms with E-state index in [2.05, 4.69) is 16.2 Å². The smallest absolute Gasteiger partial charge is 0.333 e. The Labute approximate surface area is 159 Å². The molecule has 0 spiro atoms. The predicted molar refractivity (Wildman–Crippen MR) is 97.4 cm³/mol. The lowest BCUT2D eigenvalue weighted by Crippen LogP contribution is -2.66. The quantitative estimate of drug-likeness (QED) is 0.442. The molecule has 0 heterocycles. The van der Waals surface area contributed by atoms with Gasteiger partial charge >= 0.3 is 11.7 Å². The molecule has 0 saturated heterocycles. The van der Waals surface area contributed by atoms with Gasteiger partial charge in [-0.1, -0.05) is 0 Å². The van der Waals surface area contributed by atoms with E-state index in [4.69, 9.17) is 0 Å². The number of nitrogens with zero attached hydrogens (tertiary/aromatic N) is 2. The van der Waals surface area contributed by atoms with Gasteiger partial charge in [0.05, 0.1) is 21.5 Å². The maximum atomic E-state index is 12.4. The lowest BCUT2D eigenvalue weighted by Gasteiger charge is -2.60. The van der Waals surface area contributed by atoms with Crippen molar-refractivity contribution in [1.29, 1.82) is 0 Å². The minimum atomic E-state index is -0.760. The molecule has 5 rings (SSSR count). The van der Waals surface area contributed by atoms with Crippen LogP contribution in [0.4, 0.5) is 21.9 Å². The van der Waals surface area contributed by atoms with Crippen LogP contribution < -0.4 is 16.2 Å². The lowest BCUT2D eigenvalue weighted by atomic mass is 9.51. The molecule has 4 N–H and O–H groups in total. The average Bonchev–Trinajstić information content (AvgIpc) is 2.57. The fraction of sp³-hybridized carbons (Fsp3) is 0.588. The number of aliphatic hydroxyl groups is 1.